The molecule has 4 nitrogen and oxygen atoms in total. The molecule has 2 heterocycles. The van der Waals surface area contributed by atoms with Crippen LogP contribution < -0.4 is 5.32 Å². The van der Waals surface area contributed by atoms with Crippen LogP contribution in [0.4, 0.5) is 0 Å². The van der Waals surface area contributed by atoms with Crippen molar-refractivity contribution in [2.24, 2.45) is 0 Å². The molecule has 2 rings (SSSR count). The van der Waals surface area contributed by atoms with Crippen LogP contribution >= 0.6 is 0 Å². The van der Waals surface area contributed by atoms with Gasteiger partial charge in [0, 0.05) is 19.1 Å². The van der Waals surface area contributed by atoms with Crippen molar-refractivity contribution < 1.29 is 4.79 Å². The maximum absolute atomic E-state index is 12.1. The molecule has 0 saturated carbocycles. The van der Waals surface area contributed by atoms with E-state index in [1.807, 2.05) is 11.8 Å². The standard InChI is InChI=1S/C13H25N3O/c1-11(13(17)16-7-3-4-8-16)14-12-5-9-15(2)10-6-12/h11-12,14H,3-10H2,1-2H3. The van der Waals surface area contributed by atoms with Crippen LogP contribution in [0.25, 0.3) is 0 Å². The Hall–Kier alpha value is -0.610. The zero-order chi connectivity index (χ0) is 12.3. The van der Waals surface area contributed by atoms with Crippen molar-refractivity contribution >= 4 is 5.91 Å². The number of piperidine rings is 1. The fraction of sp³-hybridized carbons (Fsp3) is 0.923. The first-order valence-corrected chi connectivity index (χ1v) is 6.90. The van der Waals surface area contributed by atoms with Gasteiger partial charge in [0.2, 0.25) is 5.91 Å². The Balaban J connectivity index is 1.76. The van der Waals surface area contributed by atoms with Crippen LogP contribution in [0, 0.1) is 0 Å². The van der Waals surface area contributed by atoms with Gasteiger partial charge in [-0.25, -0.2) is 0 Å². The Bertz CT molecular complexity index is 255. The molecular formula is C13H25N3O. The van der Waals surface area contributed by atoms with E-state index in [4.69, 9.17) is 0 Å². The number of amides is 1. The molecule has 1 atom stereocenters. The first-order chi connectivity index (χ1) is 8.16. The lowest BCUT2D eigenvalue weighted by atomic mass is 10.0. The number of hydrogen-bond donors (Lipinski definition) is 1. The highest BCUT2D eigenvalue weighted by atomic mass is 16.2. The minimum atomic E-state index is -0.0125. The number of nitrogens with zero attached hydrogens (tertiary/aromatic N) is 2. The maximum Gasteiger partial charge on any atom is 0.239 e. The van der Waals surface area contributed by atoms with E-state index in [2.05, 4.69) is 17.3 Å². The Morgan fingerprint density at radius 2 is 1.76 bits per heavy atom. The van der Waals surface area contributed by atoms with Gasteiger partial charge >= 0.3 is 0 Å². The minimum absolute atomic E-state index is 0.0125. The smallest absolute Gasteiger partial charge is 0.239 e. The largest absolute Gasteiger partial charge is 0.341 e. The van der Waals surface area contributed by atoms with Crippen LogP contribution in [0.2, 0.25) is 0 Å². The predicted molar refractivity (Wildman–Crippen MR) is 68.9 cm³/mol. The Morgan fingerprint density at radius 3 is 2.35 bits per heavy atom. The van der Waals surface area contributed by atoms with Crippen molar-refractivity contribution in [3.8, 4) is 0 Å². The van der Waals surface area contributed by atoms with E-state index in [1.165, 1.54) is 12.8 Å². The van der Waals surface area contributed by atoms with Crippen LogP contribution in [0.3, 0.4) is 0 Å². The van der Waals surface area contributed by atoms with Crippen LogP contribution in [0.1, 0.15) is 32.6 Å². The van der Waals surface area contributed by atoms with E-state index in [-0.39, 0.29) is 6.04 Å². The van der Waals surface area contributed by atoms with Crippen LogP contribution in [0.15, 0.2) is 0 Å². The van der Waals surface area contributed by atoms with Crippen LogP contribution in [-0.2, 0) is 4.79 Å². The third kappa shape index (κ3) is 3.42. The number of likely N-dealkylation sites (tertiary alicyclic amines) is 2. The highest BCUT2D eigenvalue weighted by Gasteiger charge is 2.26. The zero-order valence-electron chi connectivity index (χ0n) is 11.1. The van der Waals surface area contributed by atoms with E-state index in [0.717, 1.165) is 39.0 Å². The van der Waals surface area contributed by atoms with E-state index in [1.54, 1.807) is 0 Å². The summed E-state index contributed by atoms with van der Waals surface area (Å²) in [4.78, 5) is 16.5. The Labute approximate surface area is 104 Å². The summed E-state index contributed by atoms with van der Waals surface area (Å²) in [5.74, 6) is 0.293. The van der Waals surface area contributed by atoms with Gasteiger partial charge in [-0.2, -0.15) is 0 Å². The molecule has 98 valence electrons. The quantitative estimate of drug-likeness (QED) is 0.787. The topological polar surface area (TPSA) is 35.6 Å². The SMILES string of the molecule is CC(NC1CCN(C)CC1)C(=O)N1CCCC1. The second-order valence-electron chi connectivity index (χ2n) is 5.50. The summed E-state index contributed by atoms with van der Waals surface area (Å²) in [7, 11) is 2.16. The first-order valence-electron chi connectivity index (χ1n) is 6.90. The van der Waals surface area contributed by atoms with E-state index in [0.29, 0.717) is 11.9 Å². The molecule has 2 aliphatic rings. The van der Waals surface area contributed by atoms with Gasteiger partial charge in [-0.1, -0.05) is 0 Å². The summed E-state index contributed by atoms with van der Waals surface area (Å²) < 4.78 is 0. The highest BCUT2D eigenvalue weighted by molar-refractivity contribution is 5.81. The van der Waals surface area contributed by atoms with Crippen molar-refractivity contribution in [1.82, 2.24) is 15.1 Å². The minimum Gasteiger partial charge on any atom is -0.341 e. The average Bonchev–Trinajstić information content (AvgIpc) is 2.84. The summed E-state index contributed by atoms with van der Waals surface area (Å²) >= 11 is 0. The first kappa shape index (κ1) is 12.8. The number of hydrogen-bond acceptors (Lipinski definition) is 3. The highest BCUT2D eigenvalue weighted by Crippen LogP contribution is 2.12. The van der Waals surface area contributed by atoms with E-state index in [9.17, 15) is 4.79 Å². The average molecular weight is 239 g/mol. The molecule has 0 aromatic rings. The summed E-state index contributed by atoms with van der Waals surface area (Å²) in [6, 6.07) is 0.509. The Kier molecular flexibility index (Phi) is 4.40. The fourth-order valence-electron chi connectivity index (χ4n) is 2.81. The second kappa shape index (κ2) is 5.83. The number of nitrogens with one attached hydrogen (secondary N) is 1. The third-order valence-electron chi connectivity index (χ3n) is 3.99. The molecular weight excluding hydrogens is 214 g/mol. The zero-order valence-corrected chi connectivity index (χ0v) is 11.1. The molecule has 1 N–H and O–H groups in total. The fourth-order valence-corrected chi connectivity index (χ4v) is 2.81. The van der Waals surface area contributed by atoms with Gasteiger partial charge in [0.05, 0.1) is 6.04 Å². The van der Waals surface area contributed by atoms with Gasteiger partial charge in [-0.3, -0.25) is 4.79 Å². The van der Waals surface area contributed by atoms with Gasteiger partial charge in [0.25, 0.3) is 0 Å². The van der Waals surface area contributed by atoms with E-state index >= 15 is 0 Å². The van der Waals surface area contributed by atoms with Gasteiger partial charge < -0.3 is 15.1 Å². The molecule has 17 heavy (non-hydrogen) atoms. The molecule has 0 spiro atoms. The summed E-state index contributed by atoms with van der Waals surface area (Å²) in [5, 5.41) is 3.50. The van der Waals surface area contributed by atoms with Gasteiger partial charge in [0.15, 0.2) is 0 Å². The second-order valence-corrected chi connectivity index (χ2v) is 5.50. The number of carbonyl (C=O) groups excluding carboxylic acids is 1. The molecule has 4 heteroatoms. The van der Waals surface area contributed by atoms with Crippen molar-refractivity contribution in [3.05, 3.63) is 0 Å². The molecule has 2 fully saturated rings. The maximum atomic E-state index is 12.1. The molecule has 1 unspecified atom stereocenters. The van der Waals surface area contributed by atoms with Gasteiger partial charge in [-0.05, 0) is 52.7 Å². The molecule has 2 saturated heterocycles. The lowest BCUT2D eigenvalue weighted by Gasteiger charge is -2.32. The normalized spacial score (nSPS) is 25.2. The van der Waals surface area contributed by atoms with Gasteiger partial charge in [-0.15, -0.1) is 0 Å². The molecule has 0 aromatic carbocycles. The lowest BCUT2D eigenvalue weighted by molar-refractivity contribution is -0.132. The molecule has 0 radical (unpaired) electrons. The monoisotopic (exact) mass is 239 g/mol. The predicted octanol–water partition coefficient (Wildman–Crippen LogP) is 0.681. The Morgan fingerprint density at radius 1 is 1.18 bits per heavy atom. The number of carbonyl (C=O) groups is 1. The van der Waals surface area contributed by atoms with Crippen LogP contribution in [0.5, 0.6) is 0 Å². The molecule has 2 aliphatic heterocycles. The van der Waals surface area contributed by atoms with Crippen molar-refractivity contribution in [2.45, 2.75) is 44.7 Å². The third-order valence-corrected chi connectivity index (χ3v) is 3.99. The number of rotatable bonds is 3. The van der Waals surface area contributed by atoms with Gasteiger partial charge in [0.1, 0.15) is 0 Å². The summed E-state index contributed by atoms with van der Waals surface area (Å²) in [6.45, 7) is 6.21. The van der Waals surface area contributed by atoms with Crippen LogP contribution in [-0.4, -0.2) is 61.0 Å². The van der Waals surface area contributed by atoms with Crippen molar-refractivity contribution in [3.63, 3.8) is 0 Å². The molecule has 0 aliphatic carbocycles. The lowest BCUT2D eigenvalue weighted by Crippen LogP contribution is -2.50. The summed E-state index contributed by atoms with van der Waals surface area (Å²) in [6.07, 6.45) is 4.67. The van der Waals surface area contributed by atoms with E-state index < -0.39 is 0 Å². The molecule has 0 aromatic heterocycles. The molecule has 1 amide bonds. The summed E-state index contributed by atoms with van der Waals surface area (Å²) in [5.41, 5.74) is 0. The van der Waals surface area contributed by atoms with Crippen molar-refractivity contribution in [1.29, 1.82) is 0 Å². The van der Waals surface area contributed by atoms with Crippen molar-refractivity contribution in [2.75, 3.05) is 33.2 Å². The molecule has 0 bridgehead atoms.